The Kier molecular flexibility index (Phi) is 4.62. The highest BCUT2D eigenvalue weighted by Gasteiger charge is 2.27. The molecule has 0 spiro atoms. The number of hydrogen-bond acceptors (Lipinski definition) is 2. The number of amides is 2. The lowest BCUT2D eigenvalue weighted by Crippen LogP contribution is -2.50. The molecule has 0 unspecified atom stereocenters. The van der Waals surface area contributed by atoms with Gasteiger partial charge in [0.2, 0.25) is 0 Å². The number of para-hydroxylation sites is 1. The number of benzene rings is 2. The van der Waals surface area contributed by atoms with Crippen LogP contribution in [0.5, 0.6) is 0 Å². The zero-order chi connectivity index (χ0) is 19.0. The number of fused-ring (bicyclic) bond motifs is 1. The van der Waals surface area contributed by atoms with E-state index in [1.54, 1.807) is 29.2 Å². The third-order valence-electron chi connectivity index (χ3n) is 5.09. The Morgan fingerprint density at radius 3 is 2.04 bits per heavy atom. The first kappa shape index (κ1) is 17.6. The lowest BCUT2D eigenvalue weighted by molar-refractivity contribution is 0.0536. The number of hydrogen-bond donors (Lipinski definition) is 0. The van der Waals surface area contributed by atoms with Crippen LogP contribution in [-0.2, 0) is 7.05 Å². The van der Waals surface area contributed by atoms with Crippen LogP contribution in [0.3, 0.4) is 0 Å². The van der Waals surface area contributed by atoms with Crippen LogP contribution in [-0.4, -0.2) is 52.4 Å². The maximum Gasteiger partial charge on any atom is 0.256 e. The van der Waals surface area contributed by atoms with Crippen molar-refractivity contribution in [3.05, 3.63) is 70.9 Å². The average Bonchev–Trinajstić information content (AvgIpc) is 3.04. The summed E-state index contributed by atoms with van der Waals surface area (Å²) in [5.74, 6) is -0.0745. The fourth-order valence-electron chi connectivity index (χ4n) is 3.60. The summed E-state index contributed by atoms with van der Waals surface area (Å²) in [5.41, 5.74) is 2.25. The van der Waals surface area contributed by atoms with Crippen molar-refractivity contribution in [2.75, 3.05) is 26.2 Å². The largest absolute Gasteiger partial charge is 0.350 e. The summed E-state index contributed by atoms with van der Waals surface area (Å²) >= 11 is 6.14. The molecule has 0 atom stereocenters. The minimum absolute atomic E-state index is 0.0108. The van der Waals surface area contributed by atoms with E-state index in [2.05, 4.69) is 0 Å². The van der Waals surface area contributed by atoms with Gasteiger partial charge in [0, 0.05) is 50.3 Å². The molecule has 6 heteroatoms. The van der Waals surface area contributed by atoms with Gasteiger partial charge in [0.05, 0.1) is 16.1 Å². The van der Waals surface area contributed by atoms with Crippen molar-refractivity contribution in [2.45, 2.75) is 0 Å². The van der Waals surface area contributed by atoms with Crippen LogP contribution in [0, 0.1) is 0 Å². The molecule has 0 N–H and O–H groups in total. The van der Waals surface area contributed by atoms with E-state index in [9.17, 15) is 9.59 Å². The van der Waals surface area contributed by atoms with Gasteiger partial charge in [-0.15, -0.1) is 0 Å². The maximum absolute atomic E-state index is 13.0. The van der Waals surface area contributed by atoms with E-state index in [4.69, 9.17) is 11.6 Å². The minimum atomic E-state index is -0.0853. The standard InChI is InChI=1S/C21H20ClN3O2/c1-23-14-17(15-6-3-5-9-19(15)23)21(27)25-12-10-24(11-13-25)20(26)16-7-2-4-8-18(16)22/h2-9,14H,10-13H2,1H3. The number of rotatable bonds is 2. The van der Waals surface area contributed by atoms with E-state index in [0.29, 0.717) is 42.3 Å². The van der Waals surface area contributed by atoms with Gasteiger partial charge in [-0.05, 0) is 18.2 Å². The van der Waals surface area contributed by atoms with Crippen LogP contribution in [0.1, 0.15) is 20.7 Å². The number of nitrogens with zero attached hydrogens (tertiary/aromatic N) is 3. The summed E-state index contributed by atoms with van der Waals surface area (Å²) in [7, 11) is 1.94. The Morgan fingerprint density at radius 1 is 0.815 bits per heavy atom. The topological polar surface area (TPSA) is 45.6 Å². The van der Waals surface area contributed by atoms with E-state index in [-0.39, 0.29) is 11.8 Å². The summed E-state index contributed by atoms with van der Waals surface area (Å²) in [5, 5.41) is 1.41. The van der Waals surface area contributed by atoms with Gasteiger partial charge in [0.15, 0.2) is 0 Å². The van der Waals surface area contributed by atoms with Crippen LogP contribution in [0.2, 0.25) is 5.02 Å². The smallest absolute Gasteiger partial charge is 0.256 e. The molecule has 2 amide bonds. The van der Waals surface area contributed by atoms with Crippen LogP contribution >= 0.6 is 11.6 Å². The lowest BCUT2D eigenvalue weighted by Gasteiger charge is -2.35. The Hall–Kier alpha value is -2.79. The third-order valence-corrected chi connectivity index (χ3v) is 5.42. The van der Waals surface area contributed by atoms with Crippen molar-refractivity contribution in [3.8, 4) is 0 Å². The number of aryl methyl sites for hydroxylation is 1. The molecule has 0 radical (unpaired) electrons. The number of aromatic nitrogens is 1. The molecule has 1 aliphatic heterocycles. The number of carbonyl (C=O) groups is 2. The van der Waals surface area contributed by atoms with Gasteiger partial charge < -0.3 is 14.4 Å². The van der Waals surface area contributed by atoms with Gasteiger partial charge in [0.25, 0.3) is 11.8 Å². The van der Waals surface area contributed by atoms with E-state index >= 15 is 0 Å². The first-order valence-corrected chi connectivity index (χ1v) is 9.31. The first-order valence-electron chi connectivity index (χ1n) is 8.93. The lowest BCUT2D eigenvalue weighted by atomic mass is 10.1. The molecular formula is C21H20ClN3O2. The molecule has 1 fully saturated rings. The van der Waals surface area contributed by atoms with E-state index in [1.165, 1.54) is 0 Å². The highest BCUT2D eigenvalue weighted by atomic mass is 35.5. The monoisotopic (exact) mass is 381 g/mol. The number of halogens is 1. The fraction of sp³-hybridized carbons (Fsp3) is 0.238. The summed E-state index contributed by atoms with van der Waals surface area (Å²) in [4.78, 5) is 29.3. The molecule has 1 aliphatic rings. The van der Waals surface area contributed by atoms with Crippen molar-refractivity contribution >= 4 is 34.3 Å². The average molecular weight is 382 g/mol. The summed E-state index contributed by atoms with van der Waals surface area (Å²) in [6.07, 6.45) is 1.88. The molecule has 27 heavy (non-hydrogen) atoms. The van der Waals surface area contributed by atoms with Crippen molar-refractivity contribution < 1.29 is 9.59 Å². The molecule has 1 saturated heterocycles. The molecule has 5 nitrogen and oxygen atoms in total. The van der Waals surface area contributed by atoms with Crippen LogP contribution < -0.4 is 0 Å². The molecule has 4 rings (SSSR count). The molecule has 3 aromatic rings. The zero-order valence-corrected chi connectivity index (χ0v) is 15.8. The first-order chi connectivity index (χ1) is 13.1. The molecule has 2 heterocycles. The molecule has 0 bridgehead atoms. The van der Waals surface area contributed by atoms with E-state index in [1.807, 2.05) is 47.0 Å². The van der Waals surface area contributed by atoms with Crippen molar-refractivity contribution in [3.63, 3.8) is 0 Å². The third kappa shape index (κ3) is 3.19. The molecular weight excluding hydrogens is 362 g/mol. The van der Waals surface area contributed by atoms with Crippen molar-refractivity contribution in [2.24, 2.45) is 7.05 Å². The number of piperazine rings is 1. The maximum atomic E-state index is 13.0. The second-order valence-electron chi connectivity index (χ2n) is 6.74. The minimum Gasteiger partial charge on any atom is -0.350 e. The summed E-state index contributed by atoms with van der Waals surface area (Å²) < 4.78 is 1.97. The van der Waals surface area contributed by atoms with Crippen LogP contribution in [0.15, 0.2) is 54.7 Å². The quantitative estimate of drug-likeness (QED) is 0.682. The Bertz CT molecular complexity index is 1020. The van der Waals surface area contributed by atoms with Gasteiger partial charge in [-0.3, -0.25) is 9.59 Å². The SMILES string of the molecule is Cn1cc(C(=O)N2CCN(C(=O)c3ccccc3Cl)CC2)c2ccccc21. The van der Waals surface area contributed by atoms with Gasteiger partial charge in [-0.2, -0.15) is 0 Å². The Morgan fingerprint density at radius 2 is 1.37 bits per heavy atom. The van der Waals surface area contributed by atoms with Crippen molar-refractivity contribution in [1.82, 2.24) is 14.4 Å². The highest BCUT2D eigenvalue weighted by molar-refractivity contribution is 6.33. The summed E-state index contributed by atoms with van der Waals surface area (Å²) in [6, 6.07) is 15.0. The van der Waals surface area contributed by atoms with Gasteiger partial charge in [-0.25, -0.2) is 0 Å². The molecule has 0 saturated carbocycles. The molecule has 138 valence electrons. The van der Waals surface area contributed by atoms with Gasteiger partial charge in [-0.1, -0.05) is 41.9 Å². The van der Waals surface area contributed by atoms with Crippen molar-refractivity contribution in [1.29, 1.82) is 0 Å². The summed E-state index contributed by atoms with van der Waals surface area (Å²) in [6.45, 7) is 2.03. The Balaban J connectivity index is 1.48. The normalized spacial score (nSPS) is 14.6. The van der Waals surface area contributed by atoms with Crippen LogP contribution in [0.4, 0.5) is 0 Å². The second kappa shape index (κ2) is 7.08. The van der Waals surface area contributed by atoms with E-state index < -0.39 is 0 Å². The molecule has 1 aromatic heterocycles. The predicted molar refractivity (Wildman–Crippen MR) is 106 cm³/mol. The number of carbonyl (C=O) groups excluding carboxylic acids is 2. The second-order valence-corrected chi connectivity index (χ2v) is 7.14. The highest BCUT2D eigenvalue weighted by Crippen LogP contribution is 2.23. The van der Waals surface area contributed by atoms with Gasteiger partial charge in [0.1, 0.15) is 0 Å². The predicted octanol–water partition coefficient (Wildman–Crippen LogP) is 3.43. The van der Waals surface area contributed by atoms with E-state index in [0.717, 1.165) is 10.9 Å². The Labute approximate surface area is 162 Å². The molecule has 2 aromatic carbocycles. The van der Waals surface area contributed by atoms with Gasteiger partial charge >= 0.3 is 0 Å². The fourth-order valence-corrected chi connectivity index (χ4v) is 3.82. The molecule has 0 aliphatic carbocycles. The zero-order valence-electron chi connectivity index (χ0n) is 15.1. The van der Waals surface area contributed by atoms with Crippen LogP contribution in [0.25, 0.3) is 10.9 Å².